The lowest BCUT2D eigenvalue weighted by molar-refractivity contribution is -0.127. The van der Waals surface area contributed by atoms with Crippen molar-refractivity contribution in [2.24, 2.45) is 0 Å². The van der Waals surface area contributed by atoms with Gasteiger partial charge in [0.05, 0.1) is 19.4 Å². The van der Waals surface area contributed by atoms with Gasteiger partial charge in [0, 0.05) is 15.8 Å². The van der Waals surface area contributed by atoms with E-state index >= 15 is 0 Å². The van der Waals surface area contributed by atoms with E-state index in [-0.39, 0.29) is 18.4 Å². The van der Waals surface area contributed by atoms with Crippen LogP contribution >= 0.6 is 11.3 Å². The molecular formula is C24H24N2O6S. The van der Waals surface area contributed by atoms with Crippen LogP contribution in [0.5, 0.6) is 11.5 Å². The molecule has 2 aromatic carbocycles. The molecule has 1 aliphatic rings. The van der Waals surface area contributed by atoms with Gasteiger partial charge in [0.1, 0.15) is 12.3 Å². The molecule has 1 atom stereocenters. The number of ether oxygens (including phenoxy) is 3. The summed E-state index contributed by atoms with van der Waals surface area (Å²) in [5.74, 6) is -0.0938. The van der Waals surface area contributed by atoms with Crippen LogP contribution in [0.2, 0.25) is 0 Å². The average Bonchev–Trinajstić information content (AvgIpc) is 3.17. The Kier molecular flexibility index (Phi) is 6.50. The fraction of sp³-hybridized carbons (Fsp3) is 0.292. The molecule has 0 spiro atoms. The molecule has 172 valence electrons. The summed E-state index contributed by atoms with van der Waals surface area (Å²) in [6, 6.07) is 12.4. The van der Waals surface area contributed by atoms with Crippen LogP contribution in [-0.2, 0) is 14.3 Å². The molecule has 8 nitrogen and oxygen atoms in total. The van der Waals surface area contributed by atoms with Crippen LogP contribution in [0.3, 0.4) is 0 Å². The first kappa shape index (κ1) is 22.6. The van der Waals surface area contributed by atoms with Crippen molar-refractivity contribution >= 4 is 50.6 Å². The van der Waals surface area contributed by atoms with Gasteiger partial charge < -0.3 is 19.5 Å². The summed E-state index contributed by atoms with van der Waals surface area (Å²) in [4.78, 5) is 39.5. The van der Waals surface area contributed by atoms with Crippen molar-refractivity contribution in [3.8, 4) is 11.5 Å². The topological polar surface area (TPSA) is 94.2 Å². The minimum Gasteiger partial charge on any atom is -0.491 e. The second kappa shape index (κ2) is 9.50. The van der Waals surface area contributed by atoms with Crippen LogP contribution in [0.25, 0.3) is 10.1 Å². The van der Waals surface area contributed by atoms with Crippen molar-refractivity contribution in [3.63, 3.8) is 0 Å². The Morgan fingerprint density at radius 3 is 2.76 bits per heavy atom. The van der Waals surface area contributed by atoms with E-state index in [1.165, 1.54) is 23.3 Å². The van der Waals surface area contributed by atoms with Crippen LogP contribution in [-0.4, -0.2) is 44.1 Å². The van der Waals surface area contributed by atoms with Gasteiger partial charge in [-0.3, -0.25) is 14.5 Å². The highest BCUT2D eigenvalue weighted by molar-refractivity contribution is 7.21. The monoisotopic (exact) mass is 468 g/mol. The van der Waals surface area contributed by atoms with Crippen LogP contribution in [0.15, 0.2) is 42.5 Å². The number of methoxy groups -OCH3 is 1. The first-order valence-electron chi connectivity index (χ1n) is 10.6. The third kappa shape index (κ3) is 4.49. The molecule has 0 saturated heterocycles. The zero-order chi connectivity index (χ0) is 23.5. The minimum atomic E-state index is -0.676. The normalized spacial score (nSPS) is 15.1. The fourth-order valence-electron chi connectivity index (χ4n) is 3.59. The first-order valence-corrected chi connectivity index (χ1v) is 11.4. The molecule has 0 saturated carbocycles. The molecule has 9 heteroatoms. The number of benzene rings is 2. The average molecular weight is 469 g/mol. The van der Waals surface area contributed by atoms with Gasteiger partial charge in [0.2, 0.25) is 5.91 Å². The largest absolute Gasteiger partial charge is 0.491 e. The fourth-order valence-corrected chi connectivity index (χ4v) is 4.64. The lowest BCUT2D eigenvalue weighted by Crippen LogP contribution is -2.47. The molecule has 2 amide bonds. The van der Waals surface area contributed by atoms with Crippen LogP contribution in [0.4, 0.5) is 11.4 Å². The number of amides is 2. The number of hydrogen-bond acceptors (Lipinski definition) is 7. The van der Waals surface area contributed by atoms with Crippen molar-refractivity contribution < 1.29 is 28.6 Å². The van der Waals surface area contributed by atoms with E-state index in [4.69, 9.17) is 14.2 Å². The summed E-state index contributed by atoms with van der Waals surface area (Å²) in [6.45, 7) is 3.93. The van der Waals surface area contributed by atoms with Gasteiger partial charge in [-0.2, -0.15) is 0 Å². The lowest BCUT2D eigenvalue weighted by Gasteiger charge is -2.32. The van der Waals surface area contributed by atoms with Crippen molar-refractivity contribution in [2.75, 3.05) is 30.5 Å². The Hall–Kier alpha value is -3.59. The molecule has 2 heterocycles. The van der Waals surface area contributed by atoms with E-state index < -0.39 is 12.1 Å². The van der Waals surface area contributed by atoms with Crippen molar-refractivity contribution in [2.45, 2.75) is 26.4 Å². The van der Waals surface area contributed by atoms with Crippen molar-refractivity contribution in [3.05, 3.63) is 47.3 Å². The Labute approximate surface area is 195 Å². The second-order valence-corrected chi connectivity index (χ2v) is 8.56. The third-order valence-corrected chi connectivity index (χ3v) is 6.25. The van der Waals surface area contributed by atoms with E-state index in [2.05, 4.69) is 5.32 Å². The van der Waals surface area contributed by atoms with E-state index in [1.807, 2.05) is 19.1 Å². The van der Waals surface area contributed by atoms with Gasteiger partial charge in [-0.25, -0.2) is 4.79 Å². The number of para-hydroxylation sites is 2. The summed E-state index contributed by atoms with van der Waals surface area (Å²) in [6.07, 6.45) is 0.104. The van der Waals surface area contributed by atoms with Crippen LogP contribution < -0.4 is 19.7 Å². The Morgan fingerprint density at radius 1 is 1.21 bits per heavy atom. The SMILES string of the molecule is CCCOc1c(C(=O)OC)sc2ccc(NC(=O)CN3C(=O)C(C)Oc4ccccc43)cc12. The molecule has 1 unspecified atom stereocenters. The molecular weight excluding hydrogens is 444 g/mol. The predicted octanol–water partition coefficient (Wildman–Crippen LogP) is 4.23. The van der Waals surface area contributed by atoms with Gasteiger partial charge >= 0.3 is 5.97 Å². The van der Waals surface area contributed by atoms with E-state index in [0.29, 0.717) is 39.7 Å². The van der Waals surface area contributed by atoms with E-state index in [0.717, 1.165) is 11.1 Å². The molecule has 1 aromatic heterocycles. The third-order valence-electron chi connectivity index (χ3n) is 5.12. The smallest absolute Gasteiger partial charge is 0.351 e. The maximum absolute atomic E-state index is 12.8. The zero-order valence-corrected chi connectivity index (χ0v) is 19.4. The Bertz CT molecular complexity index is 1220. The van der Waals surface area contributed by atoms with Gasteiger partial charge in [-0.1, -0.05) is 19.1 Å². The molecule has 1 aliphatic heterocycles. The number of fused-ring (bicyclic) bond motifs is 2. The van der Waals surface area contributed by atoms with E-state index in [9.17, 15) is 14.4 Å². The second-order valence-electron chi connectivity index (χ2n) is 7.51. The number of nitrogens with one attached hydrogen (secondary N) is 1. The summed E-state index contributed by atoms with van der Waals surface area (Å²) < 4.78 is 17.2. The molecule has 0 bridgehead atoms. The number of thiophene rings is 1. The summed E-state index contributed by atoms with van der Waals surface area (Å²) in [5, 5.41) is 3.56. The number of anilines is 2. The maximum Gasteiger partial charge on any atom is 0.351 e. The molecule has 33 heavy (non-hydrogen) atoms. The van der Waals surface area contributed by atoms with Crippen LogP contribution in [0.1, 0.15) is 29.9 Å². The molecule has 0 radical (unpaired) electrons. The van der Waals surface area contributed by atoms with Gasteiger partial charge in [0.25, 0.3) is 5.91 Å². The van der Waals surface area contributed by atoms with E-state index in [1.54, 1.807) is 37.3 Å². The molecule has 4 rings (SSSR count). The quantitative estimate of drug-likeness (QED) is 0.522. The molecule has 3 aromatic rings. The number of hydrogen-bond donors (Lipinski definition) is 1. The molecule has 0 aliphatic carbocycles. The maximum atomic E-state index is 12.8. The predicted molar refractivity (Wildman–Crippen MR) is 126 cm³/mol. The molecule has 1 N–H and O–H groups in total. The number of carbonyl (C=O) groups is 3. The first-order chi connectivity index (χ1) is 15.9. The highest BCUT2D eigenvalue weighted by Gasteiger charge is 2.32. The summed E-state index contributed by atoms with van der Waals surface area (Å²) in [5.41, 5.74) is 1.09. The van der Waals surface area contributed by atoms with Crippen LogP contribution in [0, 0.1) is 0 Å². The highest BCUT2D eigenvalue weighted by atomic mass is 32.1. The van der Waals surface area contributed by atoms with Crippen molar-refractivity contribution in [1.29, 1.82) is 0 Å². The van der Waals surface area contributed by atoms with Crippen molar-refractivity contribution in [1.82, 2.24) is 0 Å². The van der Waals surface area contributed by atoms with Gasteiger partial charge in [-0.05, 0) is 43.7 Å². The summed E-state index contributed by atoms with van der Waals surface area (Å²) in [7, 11) is 1.33. The molecule has 0 fully saturated rings. The van der Waals surface area contributed by atoms with Gasteiger partial charge in [-0.15, -0.1) is 11.3 Å². The minimum absolute atomic E-state index is 0.155. The number of rotatable bonds is 7. The highest BCUT2D eigenvalue weighted by Crippen LogP contribution is 2.40. The summed E-state index contributed by atoms with van der Waals surface area (Å²) >= 11 is 1.28. The number of carbonyl (C=O) groups excluding carboxylic acids is 3. The lowest BCUT2D eigenvalue weighted by atomic mass is 10.2. The number of nitrogens with zero attached hydrogens (tertiary/aromatic N) is 1. The Morgan fingerprint density at radius 2 is 2.00 bits per heavy atom. The Balaban J connectivity index is 1.58. The number of esters is 1. The zero-order valence-electron chi connectivity index (χ0n) is 18.5. The van der Waals surface area contributed by atoms with Gasteiger partial charge in [0.15, 0.2) is 16.7 Å². The standard InChI is InChI=1S/C24H24N2O6S/c1-4-11-31-21-16-12-15(9-10-19(16)33-22(21)24(29)30-3)25-20(27)13-26-17-7-5-6-8-18(17)32-14(2)23(26)28/h5-10,12,14H,4,11,13H2,1-3H3,(H,25,27).